The summed E-state index contributed by atoms with van der Waals surface area (Å²) in [6, 6.07) is 7.37. The van der Waals surface area contributed by atoms with Crippen LogP contribution in [0.2, 0.25) is 0 Å². The Labute approximate surface area is 107 Å². The second-order valence-corrected chi connectivity index (χ2v) is 3.82. The number of ether oxygens (including phenoxy) is 1. The van der Waals surface area contributed by atoms with E-state index in [2.05, 4.69) is 15.8 Å². The first-order chi connectivity index (χ1) is 8.65. The molecule has 0 fully saturated rings. The normalized spacial score (nSPS) is 10.9. The smallest absolute Gasteiger partial charge is 0.259 e. The van der Waals surface area contributed by atoms with Crippen LogP contribution in [0.1, 0.15) is 20.3 Å². The molecule has 5 heteroatoms. The molecule has 0 bridgehead atoms. The molecule has 0 saturated carbocycles. The maximum Gasteiger partial charge on any atom is 0.259 e. The summed E-state index contributed by atoms with van der Waals surface area (Å²) in [5, 5.41) is 6.94. The van der Waals surface area contributed by atoms with Crippen LogP contribution in [0.5, 0.6) is 5.75 Å². The van der Waals surface area contributed by atoms with Gasteiger partial charge in [-0.15, -0.1) is 0 Å². The van der Waals surface area contributed by atoms with Crippen molar-refractivity contribution in [3.63, 3.8) is 0 Å². The highest BCUT2D eigenvalue weighted by molar-refractivity contribution is 5.85. The molecular weight excluding hydrogens is 230 g/mol. The van der Waals surface area contributed by atoms with Crippen LogP contribution in [0.3, 0.4) is 0 Å². The summed E-state index contributed by atoms with van der Waals surface area (Å²) in [5.41, 5.74) is 4.25. The molecule has 0 spiro atoms. The third-order valence-electron chi connectivity index (χ3n) is 2.43. The minimum Gasteiger partial charge on any atom is -0.497 e. The molecule has 2 N–H and O–H groups in total. The van der Waals surface area contributed by atoms with Crippen LogP contribution < -0.4 is 15.5 Å². The number of hydrogen-bond acceptors (Lipinski definition) is 4. The van der Waals surface area contributed by atoms with E-state index in [-0.39, 0.29) is 12.5 Å². The molecule has 0 aliphatic carbocycles. The Morgan fingerprint density at radius 2 is 2.00 bits per heavy atom. The Morgan fingerprint density at radius 1 is 1.33 bits per heavy atom. The van der Waals surface area contributed by atoms with Crippen LogP contribution in [-0.4, -0.2) is 25.3 Å². The fourth-order valence-electron chi connectivity index (χ4n) is 1.17. The van der Waals surface area contributed by atoms with Crippen molar-refractivity contribution in [2.75, 3.05) is 19.0 Å². The Morgan fingerprint density at radius 3 is 2.56 bits per heavy atom. The van der Waals surface area contributed by atoms with E-state index in [1.54, 1.807) is 7.11 Å². The predicted octanol–water partition coefficient (Wildman–Crippen LogP) is 2.01. The van der Waals surface area contributed by atoms with E-state index in [1.165, 1.54) is 0 Å². The second kappa shape index (κ2) is 7.32. The van der Waals surface area contributed by atoms with Gasteiger partial charge in [-0.05, 0) is 37.6 Å². The van der Waals surface area contributed by atoms with Crippen molar-refractivity contribution in [3.8, 4) is 5.75 Å². The summed E-state index contributed by atoms with van der Waals surface area (Å²) in [7, 11) is 1.62. The van der Waals surface area contributed by atoms with Gasteiger partial charge in [-0.25, -0.2) is 5.43 Å². The van der Waals surface area contributed by atoms with E-state index < -0.39 is 0 Å². The Bertz CT molecular complexity index is 413. The highest BCUT2D eigenvalue weighted by atomic mass is 16.5. The number of carbonyl (C=O) groups excluding carboxylic acids is 1. The van der Waals surface area contributed by atoms with Gasteiger partial charge in [0, 0.05) is 11.4 Å². The highest BCUT2D eigenvalue weighted by Crippen LogP contribution is 2.14. The lowest BCUT2D eigenvalue weighted by molar-refractivity contribution is -0.119. The summed E-state index contributed by atoms with van der Waals surface area (Å²) in [5.74, 6) is 0.617. The minimum atomic E-state index is -0.168. The molecule has 0 aromatic heterocycles. The van der Waals surface area contributed by atoms with Crippen molar-refractivity contribution in [2.45, 2.75) is 20.3 Å². The number of methoxy groups -OCH3 is 1. The van der Waals surface area contributed by atoms with Crippen LogP contribution in [0, 0.1) is 0 Å². The van der Waals surface area contributed by atoms with E-state index in [1.807, 2.05) is 38.1 Å². The molecule has 0 atom stereocenters. The van der Waals surface area contributed by atoms with Crippen molar-refractivity contribution in [3.05, 3.63) is 24.3 Å². The van der Waals surface area contributed by atoms with Crippen LogP contribution in [0.15, 0.2) is 29.4 Å². The molecule has 0 unspecified atom stereocenters. The average molecular weight is 249 g/mol. The molecule has 0 heterocycles. The summed E-state index contributed by atoms with van der Waals surface area (Å²) >= 11 is 0. The molecule has 0 aliphatic heterocycles. The molecule has 1 aromatic rings. The fourth-order valence-corrected chi connectivity index (χ4v) is 1.17. The van der Waals surface area contributed by atoms with Crippen LogP contribution in [0.4, 0.5) is 5.69 Å². The topological polar surface area (TPSA) is 62.7 Å². The lowest BCUT2D eigenvalue weighted by Crippen LogP contribution is -2.26. The van der Waals surface area contributed by atoms with Gasteiger partial charge < -0.3 is 10.1 Å². The summed E-state index contributed by atoms with van der Waals surface area (Å²) < 4.78 is 5.05. The zero-order chi connectivity index (χ0) is 13.4. The summed E-state index contributed by atoms with van der Waals surface area (Å²) in [4.78, 5) is 11.5. The number of nitrogens with zero attached hydrogens (tertiary/aromatic N) is 1. The van der Waals surface area contributed by atoms with E-state index in [0.717, 1.165) is 23.6 Å². The molecule has 1 aromatic carbocycles. The number of carbonyl (C=O) groups is 1. The number of amides is 1. The first-order valence-corrected chi connectivity index (χ1v) is 5.85. The van der Waals surface area contributed by atoms with Crippen molar-refractivity contribution in [1.29, 1.82) is 0 Å². The van der Waals surface area contributed by atoms with E-state index in [9.17, 15) is 4.79 Å². The molecule has 0 radical (unpaired) electrons. The van der Waals surface area contributed by atoms with Crippen LogP contribution in [0.25, 0.3) is 0 Å². The van der Waals surface area contributed by atoms with Gasteiger partial charge in [0.15, 0.2) is 0 Å². The summed E-state index contributed by atoms with van der Waals surface area (Å²) in [6.07, 6.45) is 0.826. The number of hydrogen-bond donors (Lipinski definition) is 2. The predicted molar refractivity (Wildman–Crippen MR) is 73.0 cm³/mol. The Balaban J connectivity index is 2.37. The van der Waals surface area contributed by atoms with Gasteiger partial charge >= 0.3 is 0 Å². The molecule has 18 heavy (non-hydrogen) atoms. The first kappa shape index (κ1) is 14.0. The maximum atomic E-state index is 11.5. The first-order valence-electron chi connectivity index (χ1n) is 5.85. The second-order valence-electron chi connectivity index (χ2n) is 3.82. The van der Waals surface area contributed by atoms with Crippen molar-refractivity contribution < 1.29 is 9.53 Å². The number of hydrazone groups is 1. The quantitative estimate of drug-likeness (QED) is 0.599. The lowest BCUT2D eigenvalue weighted by Gasteiger charge is -2.06. The minimum absolute atomic E-state index is 0.168. The standard InChI is InChI=1S/C13H19N3O2/c1-4-10(2)15-16-13(17)9-14-11-5-7-12(18-3)8-6-11/h5-8,14H,4,9H2,1-3H3,(H,16,17)/b15-10+. The fraction of sp³-hybridized carbons (Fsp3) is 0.385. The molecule has 5 nitrogen and oxygen atoms in total. The molecular formula is C13H19N3O2. The average Bonchev–Trinajstić information content (AvgIpc) is 2.42. The lowest BCUT2D eigenvalue weighted by atomic mass is 10.3. The van der Waals surface area contributed by atoms with E-state index in [0.29, 0.717) is 0 Å². The third kappa shape index (κ3) is 4.86. The van der Waals surface area contributed by atoms with Crippen molar-refractivity contribution in [2.24, 2.45) is 5.10 Å². The zero-order valence-electron chi connectivity index (χ0n) is 11.0. The largest absolute Gasteiger partial charge is 0.497 e. The van der Waals surface area contributed by atoms with E-state index in [4.69, 9.17) is 4.74 Å². The van der Waals surface area contributed by atoms with Gasteiger partial charge in [0.25, 0.3) is 5.91 Å². The highest BCUT2D eigenvalue weighted by Gasteiger charge is 2.00. The Kier molecular flexibility index (Phi) is 5.70. The van der Waals surface area contributed by atoms with Gasteiger partial charge in [0.1, 0.15) is 5.75 Å². The number of nitrogens with one attached hydrogen (secondary N) is 2. The monoisotopic (exact) mass is 249 g/mol. The van der Waals surface area contributed by atoms with Gasteiger partial charge in [-0.3, -0.25) is 4.79 Å². The van der Waals surface area contributed by atoms with Gasteiger partial charge in [0.05, 0.1) is 13.7 Å². The molecule has 0 aliphatic rings. The van der Waals surface area contributed by atoms with Gasteiger partial charge in [-0.1, -0.05) is 6.92 Å². The molecule has 98 valence electrons. The number of benzene rings is 1. The Hall–Kier alpha value is -2.04. The third-order valence-corrected chi connectivity index (χ3v) is 2.43. The van der Waals surface area contributed by atoms with Crippen LogP contribution >= 0.6 is 0 Å². The van der Waals surface area contributed by atoms with Gasteiger partial charge in [0.2, 0.25) is 0 Å². The van der Waals surface area contributed by atoms with Crippen LogP contribution in [-0.2, 0) is 4.79 Å². The van der Waals surface area contributed by atoms with Gasteiger partial charge in [-0.2, -0.15) is 5.10 Å². The molecule has 0 saturated heterocycles. The van der Waals surface area contributed by atoms with Crippen molar-refractivity contribution >= 4 is 17.3 Å². The molecule has 1 amide bonds. The summed E-state index contributed by atoms with van der Waals surface area (Å²) in [6.45, 7) is 4.05. The van der Waals surface area contributed by atoms with E-state index >= 15 is 0 Å². The SMILES string of the molecule is CC/C(C)=N/NC(=O)CNc1ccc(OC)cc1. The van der Waals surface area contributed by atoms with Crippen molar-refractivity contribution in [1.82, 2.24) is 5.43 Å². The number of anilines is 1. The zero-order valence-corrected chi connectivity index (χ0v) is 11.0. The number of rotatable bonds is 6. The molecule has 1 rings (SSSR count). The maximum absolute atomic E-state index is 11.5.